The van der Waals surface area contributed by atoms with Gasteiger partial charge in [-0.1, -0.05) is 65.7 Å². The molecule has 6 heteroatoms. The van der Waals surface area contributed by atoms with Crippen LogP contribution in [0.4, 0.5) is 0 Å². The van der Waals surface area contributed by atoms with Crippen molar-refractivity contribution in [3.63, 3.8) is 0 Å². The number of carbonyl (C=O) groups is 1. The maximum atomic E-state index is 12.9. The molecule has 152 valence electrons. The van der Waals surface area contributed by atoms with E-state index in [-0.39, 0.29) is 17.4 Å². The van der Waals surface area contributed by atoms with Gasteiger partial charge in [0.05, 0.1) is 10.6 Å². The van der Waals surface area contributed by atoms with Gasteiger partial charge in [-0.2, -0.15) is 0 Å². The van der Waals surface area contributed by atoms with Gasteiger partial charge < -0.3 is 14.2 Å². The van der Waals surface area contributed by atoms with Crippen LogP contribution < -0.4 is 14.2 Å². The van der Waals surface area contributed by atoms with Gasteiger partial charge in [0.1, 0.15) is 25.6 Å². The van der Waals surface area contributed by atoms with Crippen molar-refractivity contribution in [2.75, 3.05) is 13.2 Å². The fraction of sp³-hybridized carbons (Fsp3) is 0.125. The SMILES string of the molecule is O=C(C=Cc1ccc2c(c1)OCCO2)c1cc(Cl)cc(Cl)c1OCc1ccccc1. The van der Waals surface area contributed by atoms with Crippen molar-refractivity contribution in [1.29, 1.82) is 0 Å². The Morgan fingerprint density at radius 1 is 0.967 bits per heavy atom. The van der Waals surface area contributed by atoms with Crippen molar-refractivity contribution >= 4 is 35.1 Å². The third-order valence-corrected chi connectivity index (χ3v) is 4.99. The summed E-state index contributed by atoms with van der Waals surface area (Å²) in [7, 11) is 0. The van der Waals surface area contributed by atoms with E-state index in [2.05, 4.69) is 0 Å². The molecular formula is C24H18Cl2O4. The van der Waals surface area contributed by atoms with Crippen LogP contribution in [0, 0.1) is 0 Å². The van der Waals surface area contributed by atoms with Crippen molar-refractivity contribution in [1.82, 2.24) is 0 Å². The van der Waals surface area contributed by atoms with Crippen LogP contribution in [0.5, 0.6) is 17.2 Å². The monoisotopic (exact) mass is 440 g/mol. The lowest BCUT2D eigenvalue weighted by Crippen LogP contribution is -2.15. The molecule has 0 spiro atoms. The van der Waals surface area contributed by atoms with Gasteiger partial charge in [-0.3, -0.25) is 4.79 Å². The van der Waals surface area contributed by atoms with Crippen LogP contribution in [0.2, 0.25) is 10.0 Å². The number of carbonyl (C=O) groups excluding carboxylic acids is 1. The minimum Gasteiger partial charge on any atom is -0.487 e. The molecule has 0 aliphatic carbocycles. The zero-order valence-corrected chi connectivity index (χ0v) is 17.5. The number of hydrogen-bond donors (Lipinski definition) is 0. The normalized spacial score (nSPS) is 12.7. The summed E-state index contributed by atoms with van der Waals surface area (Å²) in [6.07, 6.45) is 3.17. The van der Waals surface area contributed by atoms with Crippen molar-refractivity contribution < 1.29 is 19.0 Å². The van der Waals surface area contributed by atoms with Crippen LogP contribution in [-0.4, -0.2) is 19.0 Å². The molecule has 0 fully saturated rings. The highest BCUT2D eigenvalue weighted by atomic mass is 35.5. The van der Waals surface area contributed by atoms with E-state index < -0.39 is 0 Å². The third kappa shape index (κ3) is 4.78. The van der Waals surface area contributed by atoms with E-state index >= 15 is 0 Å². The van der Waals surface area contributed by atoms with E-state index in [1.165, 1.54) is 6.08 Å². The van der Waals surface area contributed by atoms with Crippen LogP contribution in [-0.2, 0) is 6.61 Å². The minimum atomic E-state index is -0.266. The third-order valence-electron chi connectivity index (χ3n) is 4.49. The quantitative estimate of drug-likeness (QED) is 0.336. The zero-order chi connectivity index (χ0) is 20.9. The van der Waals surface area contributed by atoms with Crippen LogP contribution in [0.25, 0.3) is 6.08 Å². The van der Waals surface area contributed by atoms with Gasteiger partial charge in [-0.05, 0) is 41.5 Å². The topological polar surface area (TPSA) is 44.8 Å². The lowest BCUT2D eigenvalue weighted by Gasteiger charge is -2.18. The zero-order valence-electron chi connectivity index (χ0n) is 15.9. The predicted octanol–water partition coefficient (Wildman–Crippen LogP) is 6.24. The molecular weight excluding hydrogens is 423 g/mol. The van der Waals surface area contributed by atoms with Crippen LogP contribution in [0.3, 0.4) is 0 Å². The highest BCUT2D eigenvalue weighted by molar-refractivity contribution is 6.36. The molecule has 3 aromatic carbocycles. The fourth-order valence-corrected chi connectivity index (χ4v) is 3.59. The molecule has 0 atom stereocenters. The van der Waals surface area contributed by atoms with Crippen LogP contribution >= 0.6 is 23.2 Å². The molecule has 0 unspecified atom stereocenters. The standard InChI is InChI=1S/C24H18Cl2O4/c25-18-13-19(24(20(26)14-18)30-15-17-4-2-1-3-5-17)21(27)8-6-16-7-9-22-23(12-16)29-11-10-28-22/h1-9,12-14H,10-11,15H2. The molecule has 0 N–H and O–H groups in total. The van der Waals surface area contributed by atoms with Gasteiger partial charge in [0.25, 0.3) is 0 Å². The van der Waals surface area contributed by atoms with Gasteiger partial charge in [0, 0.05) is 5.02 Å². The van der Waals surface area contributed by atoms with E-state index in [1.54, 1.807) is 18.2 Å². The average molecular weight is 441 g/mol. The predicted molar refractivity (Wildman–Crippen MR) is 118 cm³/mol. The minimum absolute atomic E-state index is 0.266. The summed E-state index contributed by atoms with van der Waals surface area (Å²) in [5, 5.41) is 0.651. The molecule has 0 aromatic heterocycles. The van der Waals surface area contributed by atoms with Gasteiger partial charge in [-0.15, -0.1) is 0 Å². The molecule has 0 saturated carbocycles. The van der Waals surface area contributed by atoms with Crippen molar-refractivity contribution in [3.8, 4) is 17.2 Å². The van der Waals surface area contributed by atoms with E-state index in [1.807, 2.05) is 48.5 Å². The molecule has 1 aliphatic heterocycles. The number of halogens is 2. The highest BCUT2D eigenvalue weighted by Crippen LogP contribution is 2.34. The summed E-state index contributed by atoms with van der Waals surface area (Å²) in [6, 6.07) is 18.3. The van der Waals surface area contributed by atoms with Gasteiger partial charge in [-0.25, -0.2) is 0 Å². The lowest BCUT2D eigenvalue weighted by atomic mass is 10.1. The Labute approximate surface area is 184 Å². The summed E-state index contributed by atoms with van der Waals surface area (Å²) in [4.78, 5) is 12.9. The number of hydrogen-bond acceptors (Lipinski definition) is 4. The van der Waals surface area contributed by atoms with Crippen molar-refractivity contribution in [2.45, 2.75) is 6.61 Å². The average Bonchev–Trinajstić information content (AvgIpc) is 2.77. The van der Waals surface area contributed by atoms with Crippen LogP contribution in [0.15, 0.2) is 66.7 Å². The summed E-state index contributed by atoms with van der Waals surface area (Å²) in [5.74, 6) is 1.40. The summed E-state index contributed by atoms with van der Waals surface area (Å²) < 4.78 is 17.0. The molecule has 30 heavy (non-hydrogen) atoms. The summed E-state index contributed by atoms with van der Waals surface area (Å²) in [6.45, 7) is 1.32. The number of ether oxygens (including phenoxy) is 3. The maximum absolute atomic E-state index is 12.9. The Hall–Kier alpha value is -2.95. The highest BCUT2D eigenvalue weighted by Gasteiger charge is 2.16. The van der Waals surface area contributed by atoms with E-state index in [0.29, 0.717) is 41.0 Å². The first-order chi connectivity index (χ1) is 14.6. The Balaban J connectivity index is 1.56. The van der Waals surface area contributed by atoms with Gasteiger partial charge >= 0.3 is 0 Å². The number of fused-ring (bicyclic) bond motifs is 1. The number of benzene rings is 3. The lowest BCUT2D eigenvalue weighted by molar-refractivity contribution is 0.104. The van der Waals surface area contributed by atoms with Gasteiger partial charge in [0.15, 0.2) is 17.3 Å². The molecule has 0 bridgehead atoms. The van der Waals surface area contributed by atoms with E-state index in [0.717, 1.165) is 11.1 Å². The molecule has 0 saturated heterocycles. The molecule has 4 nitrogen and oxygen atoms in total. The van der Waals surface area contributed by atoms with E-state index in [4.69, 9.17) is 37.4 Å². The second-order valence-corrected chi connectivity index (χ2v) is 7.48. The Kier molecular flexibility index (Phi) is 6.26. The molecule has 3 aromatic rings. The first kappa shape index (κ1) is 20.3. The van der Waals surface area contributed by atoms with Gasteiger partial charge in [0.2, 0.25) is 0 Å². The molecule has 1 aliphatic rings. The second-order valence-electron chi connectivity index (χ2n) is 6.64. The number of allylic oxidation sites excluding steroid dienone is 1. The second kappa shape index (κ2) is 9.24. The van der Waals surface area contributed by atoms with Crippen LogP contribution in [0.1, 0.15) is 21.5 Å². The Morgan fingerprint density at radius 3 is 2.53 bits per heavy atom. The molecule has 4 rings (SSSR count). The Bertz CT molecular complexity index is 1090. The van der Waals surface area contributed by atoms with Crippen molar-refractivity contribution in [2.24, 2.45) is 0 Å². The first-order valence-electron chi connectivity index (χ1n) is 9.38. The molecule has 1 heterocycles. The number of rotatable bonds is 6. The Morgan fingerprint density at radius 2 is 1.73 bits per heavy atom. The summed E-state index contributed by atoms with van der Waals surface area (Å²) in [5.41, 5.74) is 2.08. The summed E-state index contributed by atoms with van der Waals surface area (Å²) >= 11 is 12.5. The maximum Gasteiger partial charge on any atom is 0.189 e. The van der Waals surface area contributed by atoms with E-state index in [9.17, 15) is 4.79 Å². The van der Waals surface area contributed by atoms with Crippen molar-refractivity contribution in [3.05, 3.63) is 93.5 Å². The molecule has 0 amide bonds. The fourth-order valence-electron chi connectivity index (χ4n) is 3.05. The smallest absolute Gasteiger partial charge is 0.189 e. The first-order valence-corrected chi connectivity index (χ1v) is 10.1. The molecule has 0 radical (unpaired) electrons. The number of ketones is 1. The largest absolute Gasteiger partial charge is 0.487 e.